The molecule has 1 unspecified atom stereocenters. The number of benzene rings is 1. The molecule has 0 spiro atoms. The van der Waals surface area contributed by atoms with Gasteiger partial charge in [-0.1, -0.05) is 38.1 Å². The second-order valence-corrected chi connectivity index (χ2v) is 5.32. The molecule has 102 valence electrons. The minimum Gasteiger partial charge on any atom is -0.389 e. The summed E-state index contributed by atoms with van der Waals surface area (Å²) in [6, 6.07) is 8.20. The van der Waals surface area contributed by atoms with Crippen molar-refractivity contribution in [2.75, 3.05) is 13.7 Å². The van der Waals surface area contributed by atoms with E-state index in [0.717, 1.165) is 6.54 Å². The smallest absolute Gasteiger partial charge is 0.0766 e. The summed E-state index contributed by atoms with van der Waals surface area (Å²) in [6.45, 7) is 7.89. The van der Waals surface area contributed by atoms with Crippen molar-refractivity contribution in [3.05, 3.63) is 35.4 Å². The first-order valence-corrected chi connectivity index (χ1v) is 6.46. The predicted molar refractivity (Wildman–Crippen MR) is 74.3 cm³/mol. The molecule has 0 aliphatic rings. The molecule has 0 amide bonds. The van der Waals surface area contributed by atoms with E-state index in [4.69, 9.17) is 4.74 Å². The minimum atomic E-state index is -0.670. The molecule has 1 aromatic rings. The number of methoxy groups -OCH3 is 1. The van der Waals surface area contributed by atoms with E-state index in [1.54, 1.807) is 7.11 Å². The Labute approximate surface area is 110 Å². The Morgan fingerprint density at radius 1 is 1.28 bits per heavy atom. The highest BCUT2D eigenvalue weighted by Crippen LogP contribution is 2.15. The summed E-state index contributed by atoms with van der Waals surface area (Å²) >= 11 is 0. The van der Waals surface area contributed by atoms with Crippen LogP contribution in [0, 0.1) is 5.92 Å². The van der Waals surface area contributed by atoms with Gasteiger partial charge in [0, 0.05) is 20.2 Å². The molecule has 0 radical (unpaired) electrons. The summed E-state index contributed by atoms with van der Waals surface area (Å²) in [5.41, 5.74) is 1.74. The topological polar surface area (TPSA) is 41.5 Å². The SMILES string of the molecule is COCc1ccccc1CNCC(C)(O)C(C)C. The van der Waals surface area contributed by atoms with Gasteiger partial charge in [-0.2, -0.15) is 0 Å². The van der Waals surface area contributed by atoms with Crippen LogP contribution in [-0.4, -0.2) is 24.4 Å². The normalized spacial score (nSPS) is 14.8. The third-order valence-corrected chi connectivity index (χ3v) is 3.46. The quantitative estimate of drug-likeness (QED) is 0.781. The maximum absolute atomic E-state index is 10.2. The Kier molecular flexibility index (Phi) is 5.79. The van der Waals surface area contributed by atoms with E-state index in [0.29, 0.717) is 13.2 Å². The fraction of sp³-hybridized carbons (Fsp3) is 0.600. The molecule has 0 aliphatic carbocycles. The molecule has 0 saturated heterocycles. The van der Waals surface area contributed by atoms with E-state index in [-0.39, 0.29) is 5.92 Å². The highest BCUT2D eigenvalue weighted by atomic mass is 16.5. The lowest BCUT2D eigenvalue weighted by Crippen LogP contribution is -2.42. The van der Waals surface area contributed by atoms with Crippen LogP contribution in [0.1, 0.15) is 31.9 Å². The van der Waals surface area contributed by atoms with Gasteiger partial charge in [0.2, 0.25) is 0 Å². The average molecular weight is 251 g/mol. The van der Waals surface area contributed by atoms with Crippen LogP contribution in [0.2, 0.25) is 0 Å². The summed E-state index contributed by atoms with van der Waals surface area (Å²) < 4.78 is 5.18. The molecular weight excluding hydrogens is 226 g/mol. The lowest BCUT2D eigenvalue weighted by molar-refractivity contribution is 0.0139. The number of hydrogen-bond acceptors (Lipinski definition) is 3. The molecule has 3 nitrogen and oxygen atoms in total. The van der Waals surface area contributed by atoms with Crippen molar-refractivity contribution in [2.45, 2.75) is 39.5 Å². The predicted octanol–water partition coefficient (Wildman–Crippen LogP) is 2.33. The molecule has 0 aromatic heterocycles. The van der Waals surface area contributed by atoms with Gasteiger partial charge in [-0.3, -0.25) is 0 Å². The Morgan fingerprint density at radius 3 is 2.44 bits per heavy atom. The van der Waals surface area contributed by atoms with Gasteiger partial charge in [-0.05, 0) is 24.0 Å². The van der Waals surface area contributed by atoms with Crippen LogP contribution < -0.4 is 5.32 Å². The molecule has 0 saturated carbocycles. The Bertz CT molecular complexity index is 361. The lowest BCUT2D eigenvalue weighted by Gasteiger charge is -2.28. The zero-order chi connectivity index (χ0) is 13.6. The number of rotatable bonds is 7. The van der Waals surface area contributed by atoms with Gasteiger partial charge in [-0.25, -0.2) is 0 Å². The molecular formula is C15H25NO2. The van der Waals surface area contributed by atoms with Crippen LogP contribution in [-0.2, 0) is 17.9 Å². The van der Waals surface area contributed by atoms with Crippen molar-refractivity contribution in [3.63, 3.8) is 0 Å². The van der Waals surface area contributed by atoms with Gasteiger partial charge in [0.25, 0.3) is 0 Å². The van der Waals surface area contributed by atoms with Crippen LogP contribution in [0.15, 0.2) is 24.3 Å². The highest BCUT2D eigenvalue weighted by Gasteiger charge is 2.23. The molecule has 1 atom stereocenters. The summed E-state index contributed by atoms with van der Waals surface area (Å²) in [7, 11) is 1.70. The summed E-state index contributed by atoms with van der Waals surface area (Å²) in [6.07, 6.45) is 0. The number of nitrogens with one attached hydrogen (secondary N) is 1. The van der Waals surface area contributed by atoms with Crippen LogP contribution >= 0.6 is 0 Å². The van der Waals surface area contributed by atoms with Crippen molar-refractivity contribution in [2.24, 2.45) is 5.92 Å². The van der Waals surface area contributed by atoms with Crippen molar-refractivity contribution in [1.29, 1.82) is 0 Å². The van der Waals surface area contributed by atoms with Gasteiger partial charge in [0.05, 0.1) is 12.2 Å². The zero-order valence-corrected chi connectivity index (χ0v) is 11.9. The molecule has 0 aliphatic heterocycles. The molecule has 0 heterocycles. The largest absolute Gasteiger partial charge is 0.389 e. The Balaban J connectivity index is 2.53. The van der Waals surface area contributed by atoms with Crippen LogP contribution in [0.4, 0.5) is 0 Å². The van der Waals surface area contributed by atoms with Gasteiger partial charge in [0.1, 0.15) is 0 Å². The highest BCUT2D eigenvalue weighted by molar-refractivity contribution is 5.26. The van der Waals surface area contributed by atoms with Gasteiger partial charge < -0.3 is 15.2 Å². The number of ether oxygens (including phenoxy) is 1. The van der Waals surface area contributed by atoms with Crippen LogP contribution in [0.3, 0.4) is 0 Å². The molecule has 2 N–H and O–H groups in total. The van der Waals surface area contributed by atoms with E-state index < -0.39 is 5.60 Å². The lowest BCUT2D eigenvalue weighted by atomic mass is 9.92. The molecule has 3 heteroatoms. The average Bonchev–Trinajstić information content (AvgIpc) is 2.31. The van der Waals surface area contributed by atoms with E-state index >= 15 is 0 Å². The summed E-state index contributed by atoms with van der Waals surface area (Å²) in [4.78, 5) is 0. The minimum absolute atomic E-state index is 0.235. The summed E-state index contributed by atoms with van der Waals surface area (Å²) in [5, 5.41) is 13.5. The first-order valence-electron chi connectivity index (χ1n) is 6.46. The maximum atomic E-state index is 10.2. The first kappa shape index (κ1) is 15.2. The van der Waals surface area contributed by atoms with E-state index in [9.17, 15) is 5.11 Å². The van der Waals surface area contributed by atoms with Crippen LogP contribution in [0.25, 0.3) is 0 Å². The van der Waals surface area contributed by atoms with Gasteiger partial charge >= 0.3 is 0 Å². The van der Waals surface area contributed by atoms with E-state index in [1.165, 1.54) is 11.1 Å². The third-order valence-electron chi connectivity index (χ3n) is 3.46. The fourth-order valence-electron chi connectivity index (χ4n) is 1.68. The van der Waals surface area contributed by atoms with E-state index in [2.05, 4.69) is 17.4 Å². The number of hydrogen-bond donors (Lipinski definition) is 2. The van der Waals surface area contributed by atoms with Crippen molar-refractivity contribution in [3.8, 4) is 0 Å². The maximum Gasteiger partial charge on any atom is 0.0766 e. The third kappa shape index (κ3) is 4.41. The van der Waals surface area contributed by atoms with Crippen molar-refractivity contribution >= 4 is 0 Å². The van der Waals surface area contributed by atoms with Crippen molar-refractivity contribution < 1.29 is 9.84 Å². The van der Waals surface area contributed by atoms with Crippen LogP contribution in [0.5, 0.6) is 0 Å². The Morgan fingerprint density at radius 2 is 1.89 bits per heavy atom. The molecule has 18 heavy (non-hydrogen) atoms. The second kappa shape index (κ2) is 6.88. The summed E-state index contributed by atoms with van der Waals surface area (Å²) in [5.74, 6) is 0.235. The molecule has 0 bridgehead atoms. The van der Waals surface area contributed by atoms with Crippen molar-refractivity contribution in [1.82, 2.24) is 5.32 Å². The second-order valence-electron chi connectivity index (χ2n) is 5.32. The monoisotopic (exact) mass is 251 g/mol. The Hall–Kier alpha value is -0.900. The molecule has 0 fully saturated rings. The standard InChI is InChI=1S/C15H25NO2/c1-12(2)15(3,17)11-16-9-13-7-5-6-8-14(13)10-18-4/h5-8,12,16-17H,9-11H2,1-4H3. The first-order chi connectivity index (χ1) is 8.47. The van der Waals surface area contributed by atoms with E-state index in [1.807, 2.05) is 32.9 Å². The zero-order valence-electron chi connectivity index (χ0n) is 11.9. The molecule has 1 aromatic carbocycles. The fourth-order valence-corrected chi connectivity index (χ4v) is 1.68. The van der Waals surface area contributed by atoms with Gasteiger partial charge in [-0.15, -0.1) is 0 Å². The van der Waals surface area contributed by atoms with Gasteiger partial charge in [0.15, 0.2) is 0 Å². The number of aliphatic hydroxyl groups is 1. The molecule has 1 rings (SSSR count).